The molecule has 0 spiro atoms. The average molecular weight is 276 g/mol. The van der Waals surface area contributed by atoms with Crippen LogP contribution in [-0.4, -0.2) is 18.8 Å². The third kappa shape index (κ3) is 3.01. The zero-order valence-corrected chi connectivity index (χ0v) is 13.7. The number of hydrogen-bond donors (Lipinski definition) is 0. The summed E-state index contributed by atoms with van der Waals surface area (Å²) in [6.45, 7) is 13.9. The fourth-order valence-corrected chi connectivity index (χ4v) is 3.34. The lowest BCUT2D eigenvalue weighted by Crippen LogP contribution is -2.07. The smallest absolute Gasteiger partial charge is 0.122 e. The van der Waals surface area contributed by atoms with Crippen molar-refractivity contribution in [3.8, 4) is 5.75 Å². The van der Waals surface area contributed by atoms with E-state index >= 15 is 0 Å². The summed E-state index contributed by atoms with van der Waals surface area (Å²) in [5, 5.41) is 0. The maximum absolute atomic E-state index is 5.74. The Balaban J connectivity index is 2.20. The van der Waals surface area contributed by atoms with E-state index in [1.165, 1.54) is 22.3 Å². The van der Waals surface area contributed by atoms with Crippen LogP contribution in [0.4, 0.5) is 0 Å². The SMILES string of the molecule is CCOc1cc(C)c(C(C)CC2OC2CC)c(C)c1C. The Morgan fingerprint density at radius 3 is 2.40 bits per heavy atom. The normalized spacial score (nSPS) is 22.7. The van der Waals surface area contributed by atoms with Gasteiger partial charge in [0, 0.05) is 0 Å². The van der Waals surface area contributed by atoms with Crippen LogP contribution in [0.1, 0.15) is 61.8 Å². The molecule has 0 radical (unpaired) electrons. The van der Waals surface area contributed by atoms with Gasteiger partial charge in [-0.1, -0.05) is 13.8 Å². The van der Waals surface area contributed by atoms with Crippen LogP contribution in [-0.2, 0) is 4.74 Å². The van der Waals surface area contributed by atoms with Gasteiger partial charge in [0.25, 0.3) is 0 Å². The van der Waals surface area contributed by atoms with Gasteiger partial charge >= 0.3 is 0 Å². The number of aryl methyl sites for hydroxylation is 1. The first kappa shape index (κ1) is 15.4. The standard InChI is InChI=1S/C18H28O2/c1-7-15-17(20-15)10-12(4)18-11(3)9-16(19-8-2)13(5)14(18)6/h9,12,15,17H,7-8,10H2,1-6H3. The van der Waals surface area contributed by atoms with Crippen molar-refractivity contribution in [1.29, 1.82) is 0 Å². The maximum Gasteiger partial charge on any atom is 0.122 e. The highest BCUT2D eigenvalue weighted by molar-refractivity contribution is 5.49. The lowest BCUT2D eigenvalue weighted by molar-refractivity contribution is 0.337. The monoisotopic (exact) mass is 276 g/mol. The van der Waals surface area contributed by atoms with Crippen molar-refractivity contribution < 1.29 is 9.47 Å². The molecule has 3 atom stereocenters. The molecule has 2 heteroatoms. The van der Waals surface area contributed by atoms with Crippen LogP contribution >= 0.6 is 0 Å². The van der Waals surface area contributed by atoms with Gasteiger partial charge in [-0.15, -0.1) is 0 Å². The number of rotatable bonds is 6. The fraction of sp³-hybridized carbons (Fsp3) is 0.667. The van der Waals surface area contributed by atoms with E-state index in [1.54, 1.807) is 0 Å². The van der Waals surface area contributed by atoms with Crippen molar-refractivity contribution in [3.05, 3.63) is 28.3 Å². The molecule has 1 aliphatic rings. The Morgan fingerprint density at radius 2 is 1.85 bits per heavy atom. The van der Waals surface area contributed by atoms with Crippen molar-refractivity contribution in [3.63, 3.8) is 0 Å². The number of epoxide rings is 1. The van der Waals surface area contributed by atoms with E-state index < -0.39 is 0 Å². The first-order valence-electron chi connectivity index (χ1n) is 7.88. The zero-order chi connectivity index (χ0) is 14.9. The molecule has 1 fully saturated rings. The second kappa shape index (κ2) is 6.17. The molecule has 112 valence electrons. The van der Waals surface area contributed by atoms with E-state index in [-0.39, 0.29) is 0 Å². The molecule has 2 rings (SSSR count). The molecule has 1 aliphatic heterocycles. The Hall–Kier alpha value is -1.02. The first-order chi connectivity index (χ1) is 9.49. The van der Waals surface area contributed by atoms with Gasteiger partial charge < -0.3 is 9.47 Å². The molecule has 0 aliphatic carbocycles. The van der Waals surface area contributed by atoms with Gasteiger partial charge in [0.15, 0.2) is 0 Å². The number of ether oxygens (including phenoxy) is 2. The lowest BCUT2D eigenvalue weighted by Gasteiger charge is -2.21. The van der Waals surface area contributed by atoms with Crippen LogP contribution in [0, 0.1) is 20.8 Å². The summed E-state index contributed by atoms with van der Waals surface area (Å²) in [6, 6.07) is 2.20. The van der Waals surface area contributed by atoms with Crippen molar-refractivity contribution in [2.75, 3.05) is 6.61 Å². The lowest BCUT2D eigenvalue weighted by atomic mass is 9.86. The Morgan fingerprint density at radius 1 is 1.15 bits per heavy atom. The zero-order valence-electron chi connectivity index (χ0n) is 13.7. The molecule has 0 aromatic heterocycles. The Labute approximate surface area is 123 Å². The molecule has 0 saturated carbocycles. The van der Waals surface area contributed by atoms with E-state index in [1.807, 2.05) is 6.92 Å². The summed E-state index contributed by atoms with van der Waals surface area (Å²) in [4.78, 5) is 0. The van der Waals surface area contributed by atoms with Crippen LogP contribution in [0.3, 0.4) is 0 Å². The van der Waals surface area contributed by atoms with Crippen LogP contribution in [0.15, 0.2) is 6.07 Å². The molecule has 1 heterocycles. The van der Waals surface area contributed by atoms with Crippen LogP contribution < -0.4 is 4.74 Å². The minimum absolute atomic E-state index is 0.473. The molecule has 0 N–H and O–H groups in total. The second-order valence-electron chi connectivity index (χ2n) is 6.05. The van der Waals surface area contributed by atoms with E-state index in [4.69, 9.17) is 9.47 Å². The Bertz CT molecular complexity index is 479. The summed E-state index contributed by atoms with van der Waals surface area (Å²) < 4.78 is 11.4. The van der Waals surface area contributed by atoms with Gasteiger partial charge in [-0.2, -0.15) is 0 Å². The van der Waals surface area contributed by atoms with E-state index in [0.29, 0.717) is 18.1 Å². The molecular formula is C18H28O2. The van der Waals surface area contributed by atoms with Gasteiger partial charge in [-0.3, -0.25) is 0 Å². The average Bonchev–Trinajstić information content (AvgIpc) is 3.14. The molecule has 2 nitrogen and oxygen atoms in total. The molecule has 20 heavy (non-hydrogen) atoms. The third-order valence-corrected chi connectivity index (χ3v) is 4.58. The quantitative estimate of drug-likeness (QED) is 0.704. The van der Waals surface area contributed by atoms with Crippen LogP contribution in [0.2, 0.25) is 0 Å². The minimum Gasteiger partial charge on any atom is -0.494 e. The molecule has 0 bridgehead atoms. The van der Waals surface area contributed by atoms with E-state index in [2.05, 4.69) is 40.7 Å². The van der Waals surface area contributed by atoms with Crippen molar-refractivity contribution in [1.82, 2.24) is 0 Å². The highest BCUT2D eigenvalue weighted by Gasteiger charge is 2.38. The summed E-state index contributed by atoms with van der Waals surface area (Å²) in [5.41, 5.74) is 5.49. The van der Waals surface area contributed by atoms with Gasteiger partial charge in [0.2, 0.25) is 0 Å². The summed E-state index contributed by atoms with van der Waals surface area (Å²) in [7, 11) is 0. The molecular weight excluding hydrogens is 248 g/mol. The molecule has 0 amide bonds. The van der Waals surface area contributed by atoms with Gasteiger partial charge in [0.1, 0.15) is 5.75 Å². The predicted octanol–water partition coefficient (Wildman–Crippen LogP) is 4.68. The largest absolute Gasteiger partial charge is 0.494 e. The van der Waals surface area contributed by atoms with Gasteiger partial charge in [0.05, 0.1) is 18.8 Å². The van der Waals surface area contributed by atoms with Crippen molar-refractivity contribution in [2.45, 2.75) is 72.5 Å². The van der Waals surface area contributed by atoms with Crippen molar-refractivity contribution in [2.24, 2.45) is 0 Å². The van der Waals surface area contributed by atoms with Gasteiger partial charge in [-0.05, 0) is 74.8 Å². The minimum atomic E-state index is 0.473. The summed E-state index contributed by atoms with van der Waals surface area (Å²) in [5.74, 6) is 1.58. The molecule has 3 unspecified atom stereocenters. The highest BCUT2D eigenvalue weighted by atomic mass is 16.6. The van der Waals surface area contributed by atoms with Crippen LogP contribution in [0.5, 0.6) is 5.75 Å². The van der Waals surface area contributed by atoms with E-state index in [9.17, 15) is 0 Å². The van der Waals surface area contributed by atoms with Crippen LogP contribution in [0.25, 0.3) is 0 Å². The first-order valence-corrected chi connectivity index (χ1v) is 7.88. The van der Waals surface area contributed by atoms with E-state index in [0.717, 1.165) is 25.2 Å². The second-order valence-corrected chi connectivity index (χ2v) is 6.05. The highest BCUT2D eigenvalue weighted by Crippen LogP contribution is 2.38. The maximum atomic E-state index is 5.74. The third-order valence-electron chi connectivity index (χ3n) is 4.58. The van der Waals surface area contributed by atoms with Crippen molar-refractivity contribution >= 4 is 0 Å². The number of hydrogen-bond acceptors (Lipinski definition) is 2. The molecule has 1 saturated heterocycles. The molecule has 1 aromatic rings. The topological polar surface area (TPSA) is 21.8 Å². The fourth-order valence-electron chi connectivity index (χ4n) is 3.34. The number of benzene rings is 1. The molecule has 1 aromatic carbocycles. The van der Waals surface area contributed by atoms with Gasteiger partial charge in [-0.25, -0.2) is 0 Å². The summed E-state index contributed by atoms with van der Waals surface area (Å²) in [6.07, 6.45) is 3.24. The summed E-state index contributed by atoms with van der Waals surface area (Å²) >= 11 is 0. The Kier molecular flexibility index (Phi) is 4.74. The predicted molar refractivity (Wildman–Crippen MR) is 83.8 cm³/mol.